The molecule has 0 aliphatic rings. The van der Waals surface area contributed by atoms with Gasteiger partial charge in [0, 0.05) is 19.7 Å². The van der Waals surface area contributed by atoms with Gasteiger partial charge in [0.05, 0.1) is 6.21 Å². The van der Waals surface area contributed by atoms with E-state index in [9.17, 15) is 14.4 Å². The van der Waals surface area contributed by atoms with Crippen LogP contribution in [-0.2, 0) is 14.4 Å². The summed E-state index contributed by atoms with van der Waals surface area (Å²) in [5, 5.41) is 15.1. The van der Waals surface area contributed by atoms with E-state index in [2.05, 4.69) is 15.3 Å². The van der Waals surface area contributed by atoms with Gasteiger partial charge in [-0.2, -0.15) is 0 Å². The van der Waals surface area contributed by atoms with Crippen molar-refractivity contribution in [1.29, 1.82) is 0 Å². The minimum Gasteiger partial charge on any atom is -0.399 e. The number of rotatable bonds is 7. The molecule has 0 saturated heterocycles. The zero-order chi connectivity index (χ0) is 22.3. The van der Waals surface area contributed by atoms with Crippen LogP contribution in [0.3, 0.4) is 0 Å². The highest BCUT2D eigenvalue weighted by Crippen LogP contribution is 2.22. The molecular weight excluding hydrogens is 388 g/mol. The zero-order valence-corrected chi connectivity index (χ0v) is 17.2. The molecule has 0 radical (unpaired) electrons. The molecule has 158 valence electrons. The van der Waals surface area contributed by atoms with Gasteiger partial charge >= 0.3 is 0 Å². The van der Waals surface area contributed by atoms with Crippen LogP contribution in [0.25, 0.3) is 11.1 Å². The smallest absolute Gasteiger partial charge is 0.278 e. The van der Waals surface area contributed by atoms with Crippen molar-refractivity contribution >= 4 is 23.9 Å². The minimum absolute atomic E-state index is 0.283. The van der Waals surface area contributed by atoms with E-state index in [0.29, 0.717) is 0 Å². The zero-order valence-electron chi connectivity index (χ0n) is 17.2. The summed E-state index contributed by atoms with van der Waals surface area (Å²) >= 11 is 0. The van der Waals surface area contributed by atoms with Crippen molar-refractivity contribution in [2.24, 2.45) is 5.16 Å². The van der Waals surface area contributed by atoms with Gasteiger partial charge in [0.15, 0.2) is 5.54 Å². The van der Waals surface area contributed by atoms with Crippen LogP contribution in [0.4, 0.5) is 0 Å². The fourth-order valence-corrected chi connectivity index (χ4v) is 2.84. The molecule has 9 heteroatoms. The molecule has 2 aromatic carbocycles. The highest BCUT2D eigenvalue weighted by molar-refractivity contribution is 6.12. The Morgan fingerprint density at radius 3 is 2.03 bits per heavy atom. The maximum atomic E-state index is 12.9. The molecule has 0 aromatic heterocycles. The average Bonchev–Trinajstić information content (AvgIpc) is 2.80. The number of carbonyl (C=O) groups is 3. The van der Waals surface area contributed by atoms with Crippen molar-refractivity contribution in [3.63, 3.8) is 0 Å². The third kappa shape index (κ3) is 4.47. The first-order chi connectivity index (χ1) is 14.3. The van der Waals surface area contributed by atoms with Gasteiger partial charge in [-0.25, -0.2) is 5.48 Å². The minimum atomic E-state index is -1.93. The molecule has 9 nitrogen and oxygen atoms in total. The van der Waals surface area contributed by atoms with E-state index in [0.717, 1.165) is 21.6 Å². The molecule has 0 aliphatic heterocycles. The third-order valence-corrected chi connectivity index (χ3v) is 4.87. The topological polar surface area (TPSA) is 120 Å². The van der Waals surface area contributed by atoms with E-state index in [1.807, 2.05) is 24.3 Å². The fourth-order valence-electron chi connectivity index (χ4n) is 2.84. The van der Waals surface area contributed by atoms with E-state index in [1.54, 1.807) is 30.5 Å². The van der Waals surface area contributed by atoms with Crippen LogP contribution < -0.4 is 10.8 Å². The van der Waals surface area contributed by atoms with Gasteiger partial charge in [-0.05, 0) is 35.7 Å². The number of hydrogen-bond donors (Lipinski definition) is 3. The van der Waals surface area contributed by atoms with Gasteiger partial charge in [-0.3, -0.25) is 19.6 Å². The number of hydroxylamine groups is 1. The van der Waals surface area contributed by atoms with Gasteiger partial charge in [0.1, 0.15) is 7.11 Å². The van der Waals surface area contributed by atoms with E-state index in [1.165, 1.54) is 33.6 Å². The number of benzene rings is 2. The van der Waals surface area contributed by atoms with Crippen molar-refractivity contribution in [2.75, 3.05) is 21.2 Å². The first kappa shape index (κ1) is 22.6. The van der Waals surface area contributed by atoms with Gasteiger partial charge < -0.3 is 15.1 Å². The summed E-state index contributed by atoms with van der Waals surface area (Å²) in [6.07, 6.45) is 1.59. The molecule has 0 bridgehead atoms. The van der Waals surface area contributed by atoms with Crippen molar-refractivity contribution in [1.82, 2.24) is 15.7 Å². The van der Waals surface area contributed by atoms with Crippen LogP contribution >= 0.6 is 0 Å². The lowest BCUT2D eigenvalue weighted by Crippen LogP contribution is -2.64. The maximum absolute atomic E-state index is 12.9. The number of nitrogens with one attached hydrogen (secondary N) is 2. The predicted octanol–water partition coefficient (Wildman–Crippen LogP) is 1.42. The summed E-state index contributed by atoms with van der Waals surface area (Å²) in [4.78, 5) is 42.9. The monoisotopic (exact) mass is 412 g/mol. The molecule has 0 spiro atoms. The van der Waals surface area contributed by atoms with Crippen molar-refractivity contribution in [3.8, 4) is 11.1 Å². The fraction of sp³-hybridized carbons (Fsp3) is 0.238. The van der Waals surface area contributed by atoms with Gasteiger partial charge in [-0.1, -0.05) is 41.6 Å². The van der Waals surface area contributed by atoms with Gasteiger partial charge in [-0.15, -0.1) is 0 Å². The van der Waals surface area contributed by atoms with Crippen LogP contribution in [0.15, 0.2) is 53.7 Å². The number of likely N-dealkylation sites (N-methyl/N-ethyl adjacent to an activating group) is 2. The molecule has 0 aliphatic carbocycles. The molecule has 2 rings (SSSR count). The summed E-state index contributed by atoms with van der Waals surface area (Å²) in [7, 11) is 4.13. The third-order valence-electron chi connectivity index (χ3n) is 4.87. The van der Waals surface area contributed by atoms with E-state index in [4.69, 9.17) is 5.21 Å². The summed E-state index contributed by atoms with van der Waals surface area (Å²) in [6.45, 7) is 1.25. The maximum Gasteiger partial charge on any atom is 0.278 e. The Morgan fingerprint density at radius 1 is 1.03 bits per heavy atom. The lowest BCUT2D eigenvalue weighted by molar-refractivity contribution is -0.148. The van der Waals surface area contributed by atoms with E-state index < -0.39 is 23.3 Å². The standard InChI is InChI=1S/C21H24N4O5/c1-21(19(27)22-2,20(28)24-29)25(3)18(26)17-11-9-16(10-12-17)15-7-5-14(6-8-15)13-23-30-4/h5-13,29H,1-4H3,(H,22,27)(H,24,28)/b23-13+. The average molecular weight is 412 g/mol. The second-order valence-electron chi connectivity index (χ2n) is 6.57. The van der Waals surface area contributed by atoms with Crippen LogP contribution in [0.1, 0.15) is 22.8 Å². The quantitative estimate of drug-likeness (QED) is 0.275. The van der Waals surface area contributed by atoms with Crippen LogP contribution in [0.2, 0.25) is 0 Å². The Bertz CT molecular complexity index is 923. The molecule has 30 heavy (non-hydrogen) atoms. The molecule has 1 unspecified atom stereocenters. The molecule has 3 amide bonds. The number of hydrogen-bond acceptors (Lipinski definition) is 6. The molecule has 0 fully saturated rings. The van der Waals surface area contributed by atoms with Crippen molar-refractivity contribution < 1.29 is 24.4 Å². The normalized spacial score (nSPS) is 12.7. The number of amides is 3. The molecule has 3 N–H and O–H groups in total. The molecule has 1 atom stereocenters. The Labute approximate surface area is 174 Å². The number of carbonyl (C=O) groups excluding carboxylic acids is 3. The van der Waals surface area contributed by atoms with Crippen LogP contribution in [-0.4, -0.2) is 60.8 Å². The Kier molecular flexibility index (Phi) is 7.27. The largest absolute Gasteiger partial charge is 0.399 e. The van der Waals surface area contributed by atoms with Crippen molar-refractivity contribution in [2.45, 2.75) is 12.5 Å². The lowest BCUT2D eigenvalue weighted by Gasteiger charge is -2.34. The van der Waals surface area contributed by atoms with Crippen LogP contribution in [0.5, 0.6) is 0 Å². The lowest BCUT2D eigenvalue weighted by atomic mass is 9.96. The second kappa shape index (κ2) is 9.66. The number of nitrogens with zero attached hydrogens (tertiary/aromatic N) is 2. The summed E-state index contributed by atoms with van der Waals surface area (Å²) in [6, 6.07) is 14.3. The molecular formula is C21H24N4O5. The van der Waals surface area contributed by atoms with E-state index >= 15 is 0 Å². The Hall–Kier alpha value is -3.72. The first-order valence-corrected chi connectivity index (χ1v) is 9.01. The highest BCUT2D eigenvalue weighted by Gasteiger charge is 2.47. The number of oxime groups is 1. The molecule has 0 heterocycles. The summed E-state index contributed by atoms with van der Waals surface area (Å²) in [5.41, 5.74) is 2.49. The van der Waals surface area contributed by atoms with Crippen LogP contribution in [0, 0.1) is 0 Å². The van der Waals surface area contributed by atoms with E-state index in [-0.39, 0.29) is 5.56 Å². The Morgan fingerprint density at radius 2 is 1.57 bits per heavy atom. The second-order valence-corrected chi connectivity index (χ2v) is 6.57. The summed E-state index contributed by atoms with van der Waals surface area (Å²) < 4.78 is 0. The van der Waals surface area contributed by atoms with Gasteiger partial charge in [0.25, 0.3) is 17.7 Å². The summed E-state index contributed by atoms with van der Waals surface area (Å²) in [5.74, 6) is -2.31. The Balaban J connectivity index is 2.26. The SMILES string of the molecule is CNC(=O)C(C)(C(=O)NO)N(C)C(=O)c1ccc(-c2ccc(/C=N/OC)cc2)cc1. The highest BCUT2D eigenvalue weighted by atomic mass is 16.6. The first-order valence-electron chi connectivity index (χ1n) is 9.01. The van der Waals surface area contributed by atoms with Crippen molar-refractivity contribution in [3.05, 3.63) is 59.7 Å². The van der Waals surface area contributed by atoms with Gasteiger partial charge in [0.2, 0.25) is 0 Å². The molecule has 2 aromatic rings. The predicted molar refractivity (Wildman–Crippen MR) is 111 cm³/mol. The molecule has 0 saturated carbocycles.